The highest BCUT2D eigenvalue weighted by Gasteiger charge is 2.26. The molecule has 24 heavy (non-hydrogen) atoms. The first kappa shape index (κ1) is 15.3. The van der Waals surface area contributed by atoms with Crippen molar-refractivity contribution in [1.82, 2.24) is 24.6 Å². The quantitative estimate of drug-likeness (QED) is 0.714. The van der Waals surface area contributed by atoms with Gasteiger partial charge in [0.05, 0.1) is 28.6 Å². The van der Waals surface area contributed by atoms with Crippen LogP contribution < -0.4 is 4.74 Å². The van der Waals surface area contributed by atoms with Crippen molar-refractivity contribution in [2.75, 3.05) is 13.2 Å². The number of pyridine rings is 1. The van der Waals surface area contributed by atoms with E-state index in [1.807, 2.05) is 25.3 Å². The number of nitrogens with zero attached hydrogens (tertiary/aromatic N) is 5. The molecule has 6 nitrogen and oxygen atoms in total. The first-order valence-corrected chi connectivity index (χ1v) is 8.84. The van der Waals surface area contributed by atoms with Gasteiger partial charge in [-0.1, -0.05) is 0 Å². The van der Waals surface area contributed by atoms with Gasteiger partial charge in [-0.05, 0) is 25.1 Å². The van der Waals surface area contributed by atoms with Crippen LogP contribution >= 0.6 is 11.3 Å². The lowest BCUT2D eigenvalue weighted by atomic mass is 10.2. The van der Waals surface area contributed by atoms with Crippen molar-refractivity contribution in [3.63, 3.8) is 0 Å². The van der Waals surface area contributed by atoms with Crippen molar-refractivity contribution in [2.45, 2.75) is 26.1 Å². The van der Waals surface area contributed by atoms with Crippen LogP contribution in [0.3, 0.4) is 0 Å². The highest BCUT2D eigenvalue weighted by molar-refractivity contribution is 7.09. The van der Waals surface area contributed by atoms with Crippen LogP contribution in [0.2, 0.25) is 0 Å². The fourth-order valence-corrected chi connectivity index (χ4v) is 3.65. The van der Waals surface area contributed by atoms with Crippen LogP contribution in [0.15, 0.2) is 42.2 Å². The van der Waals surface area contributed by atoms with Crippen LogP contribution in [-0.2, 0) is 13.1 Å². The van der Waals surface area contributed by atoms with E-state index in [9.17, 15) is 0 Å². The van der Waals surface area contributed by atoms with Crippen LogP contribution in [0.5, 0.6) is 5.75 Å². The van der Waals surface area contributed by atoms with Gasteiger partial charge in [0.15, 0.2) is 0 Å². The molecule has 1 aliphatic rings. The molecule has 0 saturated carbocycles. The maximum absolute atomic E-state index is 5.91. The van der Waals surface area contributed by atoms with Gasteiger partial charge in [0, 0.05) is 37.4 Å². The van der Waals surface area contributed by atoms with E-state index in [1.165, 1.54) is 5.69 Å². The minimum Gasteiger partial charge on any atom is -0.490 e. The number of thiazole rings is 1. The fourth-order valence-electron chi connectivity index (χ4n) is 3.04. The molecule has 4 heterocycles. The van der Waals surface area contributed by atoms with Crippen LogP contribution in [0.1, 0.15) is 22.4 Å². The lowest BCUT2D eigenvalue weighted by molar-refractivity contribution is 0.126. The fraction of sp³-hybridized carbons (Fsp3) is 0.353. The predicted molar refractivity (Wildman–Crippen MR) is 92.0 cm³/mol. The number of hydrogen-bond acceptors (Lipinski definition) is 6. The SMILES string of the molecule is Cc1nc(CN2Cc3ccnn3[C@@H](COc3cccnc3)C2)cs1. The summed E-state index contributed by atoms with van der Waals surface area (Å²) in [4.78, 5) is 11.1. The van der Waals surface area contributed by atoms with Gasteiger partial charge in [0.25, 0.3) is 0 Å². The summed E-state index contributed by atoms with van der Waals surface area (Å²) in [5, 5.41) is 7.73. The van der Waals surface area contributed by atoms with Crippen molar-refractivity contribution in [3.8, 4) is 5.75 Å². The first-order valence-electron chi connectivity index (χ1n) is 7.96. The third kappa shape index (κ3) is 3.32. The molecular formula is C17H19N5OS. The van der Waals surface area contributed by atoms with Crippen LogP contribution in [0, 0.1) is 6.92 Å². The molecule has 4 rings (SSSR count). The summed E-state index contributed by atoms with van der Waals surface area (Å²) in [5.74, 6) is 0.790. The molecule has 124 valence electrons. The molecule has 3 aromatic rings. The van der Waals surface area contributed by atoms with Gasteiger partial charge in [-0.3, -0.25) is 14.6 Å². The maximum Gasteiger partial charge on any atom is 0.137 e. The molecule has 1 aliphatic heterocycles. The van der Waals surface area contributed by atoms with Gasteiger partial charge in [0.2, 0.25) is 0 Å². The highest BCUT2D eigenvalue weighted by atomic mass is 32.1. The van der Waals surface area contributed by atoms with Crippen molar-refractivity contribution in [3.05, 3.63) is 58.6 Å². The Balaban J connectivity index is 1.46. The van der Waals surface area contributed by atoms with E-state index in [0.717, 1.165) is 36.1 Å². The summed E-state index contributed by atoms with van der Waals surface area (Å²) in [6.07, 6.45) is 5.35. The van der Waals surface area contributed by atoms with E-state index in [1.54, 1.807) is 23.7 Å². The van der Waals surface area contributed by atoms with E-state index in [2.05, 4.69) is 36.1 Å². The van der Waals surface area contributed by atoms with E-state index in [0.29, 0.717) is 6.61 Å². The summed E-state index contributed by atoms with van der Waals surface area (Å²) in [5.41, 5.74) is 2.35. The molecule has 0 saturated heterocycles. The number of aromatic nitrogens is 4. The van der Waals surface area contributed by atoms with Gasteiger partial charge in [-0.25, -0.2) is 4.98 Å². The van der Waals surface area contributed by atoms with Crippen molar-refractivity contribution < 1.29 is 4.74 Å². The van der Waals surface area contributed by atoms with E-state index < -0.39 is 0 Å². The Morgan fingerprint density at radius 1 is 1.33 bits per heavy atom. The predicted octanol–water partition coefficient (Wildman–Crippen LogP) is 2.68. The summed E-state index contributed by atoms with van der Waals surface area (Å²) in [6.45, 7) is 5.27. The van der Waals surface area contributed by atoms with Crippen molar-refractivity contribution in [2.24, 2.45) is 0 Å². The minimum absolute atomic E-state index is 0.184. The standard InChI is InChI=1S/C17H19N5OS/c1-13-20-14(12-24-13)8-21-9-15-4-6-19-22(15)16(10-21)11-23-17-3-2-5-18-7-17/h2-7,12,16H,8-11H2,1H3/t16-/m1/s1. The largest absolute Gasteiger partial charge is 0.490 e. The molecule has 0 fully saturated rings. The third-order valence-corrected chi connectivity index (χ3v) is 4.90. The molecule has 0 bridgehead atoms. The lowest BCUT2D eigenvalue weighted by Crippen LogP contribution is -2.39. The molecule has 3 aromatic heterocycles. The van der Waals surface area contributed by atoms with E-state index >= 15 is 0 Å². The van der Waals surface area contributed by atoms with Crippen LogP contribution in [0.4, 0.5) is 0 Å². The second kappa shape index (κ2) is 6.70. The normalized spacial score (nSPS) is 17.6. The summed E-state index contributed by atoms with van der Waals surface area (Å²) >= 11 is 1.70. The molecule has 1 atom stereocenters. The Morgan fingerprint density at radius 3 is 3.08 bits per heavy atom. The Bertz CT molecular complexity index is 800. The molecule has 0 unspecified atom stereocenters. The zero-order chi connectivity index (χ0) is 16.4. The smallest absolute Gasteiger partial charge is 0.137 e. The number of ether oxygens (including phenoxy) is 1. The van der Waals surface area contributed by atoms with Gasteiger partial charge in [0.1, 0.15) is 12.4 Å². The molecule has 0 aliphatic carbocycles. The number of rotatable bonds is 5. The zero-order valence-corrected chi connectivity index (χ0v) is 14.3. The van der Waals surface area contributed by atoms with Crippen molar-refractivity contribution in [1.29, 1.82) is 0 Å². The summed E-state index contributed by atoms with van der Waals surface area (Å²) in [6, 6.07) is 6.07. The van der Waals surface area contributed by atoms with Crippen LogP contribution in [0.25, 0.3) is 0 Å². The molecule has 0 amide bonds. The van der Waals surface area contributed by atoms with Crippen LogP contribution in [-0.4, -0.2) is 37.8 Å². The van der Waals surface area contributed by atoms with E-state index in [-0.39, 0.29) is 6.04 Å². The first-order chi connectivity index (χ1) is 11.8. The molecule has 0 N–H and O–H groups in total. The zero-order valence-electron chi connectivity index (χ0n) is 13.5. The number of aryl methyl sites for hydroxylation is 1. The van der Waals surface area contributed by atoms with Gasteiger partial charge in [-0.15, -0.1) is 11.3 Å². The second-order valence-electron chi connectivity index (χ2n) is 5.95. The van der Waals surface area contributed by atoms with Gasteiger partial charge < -0.3 is 4.74 Å². The average Bonchev–Trinajstić information content (AvgIpc) is 3.22. The Morgan fingerprint density at radius 2 is 2.29 bits per heavy atom. The lowest BCUT2D eigenvalue weighted by Gasteiger charge is -2.33. The molecular weight excluding hydrogens is 322 g/mol. The Labute approximate surface area is 144 Å². The minimum atomic E-state index is 0.184. The summed E-state index contributed by atoms with van der Waals surface area (Å²) < 4.78 is 7.99. The average molecular weight is 341 g/mol. The third-order valence-electron chi connectivity index (χ3n) is 4.08. The summed E-state index contributed by atoms with van der Waals surface area (Å²) in [7, 11) is 0. The molecule has 7 heteroatoms. The molecule has 0 aromatic carbocycles. The molecule has 0 radical (unpaired) electrons. The topological polar surface area (TPSA) is 56.1 Å². The second-order valence-corrected chi connectivity index (χ2v) is 7.01. The Hall–Kier alpha value is -2.25. The Kier molecular flexibility index (Phi) is 4.27. The van der Waals surface area contributed by atoms with Crippen molar-refractivity contribution >= 4 is 11.3 Å². The van der Waals surface area contributed by atoms with Gasteiger partial charge >= 0.3 is 0 Å². The van der Waals surface area contributed by atoms with E-state index in [4.69, 9.17) is 4.74 Å². The maximum atomic E-state index is 5.91. The highest BCUT2D eigenvalue weighted by Crippen LogP contribution is 2.23. The monoisotopic (exact) mass is 341 g/mol. The number of fused-ring (bicyclic) bond motifs is 1. The van der Waals surface area contributed by atoms with Gasteiger partial charge in [-0.2, -0.15) is 5.10 Å². The number of hydrogen-bond donors (Lipinski definition) is 0. The molecule has 0 spiro atoms.